The first-order valence-electron chi connectivity index (χ1n) is 6.92. The molecule has 0 amide bonds. The van der Waals surface area contributed by atoms with E-state index in [4.69, 9.17) is 11.6 Å². The van der Waals surface area contributed by atoms with Crippen molar-refractivity contribution in [2.75, 3.05) is 13.1 Å². The topological polar surface area (TPSA) is 37.4 Å². The molecule has 1 aliphatic heterocycles. The van der Waals surface area contributed by atoms with Crippen molar-refractivity contribution in [2.24, 2.45) is 5.41 Å². The number of hydrogen-bond acceptors (Lipinski definition) is 2. The molecular formula is C15H22ClNO2S. The van der Waals surface area contributed by atoms with Crippen molar-refractivity contribution in [1.29, 1.82) is 0 Å². The van der Waals surface area contributed by atoms with Gasteiger partial charge in [0.15, 0.2) is 0 Å². The van der Waals surface area contributed by atoms with E-state index >= 15 is 0 Å². The molecule has 0 radical (unpaired) electrons. The number of sulfonamides is 1. The Morgan fingerprint density at radius 2 is 2.05 bits per heavy atom. The van der Waals surface area contributed by atoms with Crippen LogP contribution >= 0.6 is 11.6 Å². The third-order valence-electron chi connectivity index (χ3n) is 4.02. The predicted molar refractivity (Wildman–Crippen MR) is 82.5 cm³/mol. The predicted octanol–water partition coefficient (Wildman–Crippen LogP) is 3.54. The van der Waals surface area contributed by atoms with Crippen LogP contribution in [0.4, 0.5) is 0 Å². The molecule has 0 N–H and O–H groups in total. The van der Waals surface area contributed by atoms with E-state index in [-0.39, 0.29) is 5.41 Å². The van der Waals surface area contributed by atoms with Crippen LogP contribution < -0.4 is 0 Å². The van der Waals surface area contributed by atoms with Gasteiger partial charge < -0.3 is 0 Å². The van der Waals surface area contributed by atoms with Crippen LogP contribution in [0.5, 0.6) is 0 Å². The smallest absolute Gasteiger partial charge is 0.207 e. The van der Waals surface area contributed by atoms with E-state index in [1.807, 2.05) is 13.0 Å². The summed E-state index contributed by atoms with van der Waals surface area (Å²) >= 11 is 5.88. The monoisotopic (exact) mass is 315 g/mol. The van der Waals surface area contributed by atoms with Gasteiger partial charge in [-0.3, -0.25) is 0 Å². The minimum Gasteiger partial charge on any atom is -0.207 e. The van der Waals surface area contributed by atoms with Gasteiger partial charge in [-0.25, -0.2) is 8.42 Å². The minimum absolute atomic E-state index is 0.0450. The average molecular weight is 316 g/mol. The zero-order valence-corrected chi connectivity index (χ0v) is 13.9. The molecule has 0 spiro atoms. The maximum absolute atomic E-state index is 12.8. The molecule has 1 heterocycles. The molecule has 1 saturated heterocycles. The molecule has 1 fully saturated rings. The molecule has 0 atom stereocenters. The number of alkyl halides is 1. The van der Waals surface area contributed by atoms with Gasteiger partial charge in [-0.15, -0.1) is 11.6 Å². The van der Waals surface area contributed by atoms with E-state index in [1.54, 1.807) is 16.4 Å². The molecule has 2 rings (SSSR count). The van der Waals surface area contributed by atoms with E-state index in [1.165, 1.54) is 0 Å². The number of benzene rings is 1. The van der Waals surface area contributed by atoms with Crippen molar-refractivity contribution in [3.63, 3.8) is 0 Å². The van der Waals surface area contributed by atoms with Gasteiger partial charge in [0.05, 0.1) is 4.90 Å². The Labute approximate surface area is 127 Å². The van der Waals surface area contributed by atoms with Crippen molar-refractivity contribution >= 4 is 21.6 Å². The number of hydrogen-bond donors (Lipinski definition) is 0. The Morgan fingerprint density at radius 3 is 2.65 bits per heavy atom. The first kappa shape index (κ1) is 15.8. The van der Waals surface area contributed by atoms with Gasteiger partial charge >= 0.3 is 0 Å². The number of rotatable bonds is 3. The quantitative estimate of drug-likeness (QED) is 0.800. The lowest BCUT2D eigenvalue weighted by molar-refractivity contribution is 0.187. The van der Waals surface area contributed by atoms with Crippen LogP contribution in [0.15, 0.2) is 23.1 Å². The third-order valence-corrected chi connectivity index (χ3v) is 6.30. The van der Waals surface area contributed by atoms with E-state index in [0.29, 0.717) is 23.9 Å². The highest BCUT2D eigenvalue weighted by molar-refractivity contribution is 7.89. The molecule has 112 valence electrons. The first-order valence-corrected chi connectivity index (χ1v) is 8.90. The highest BCUT2D eigenvalue weighted by Gasteiger charge is 2.34. The summed E-state index contributed by atoms with van der Waals surface area (Å²) in [6, 6.07) is 5.33. The lowest BCUT2D eigenvalue weighted by atomic mass is 9.85. The summed E-state index contributed by atoms with van der Waals surface area (Å²) in [7, 11) is -3.42. The summed E-state index contributed by atoms with van der Waals surface area (Å²) in [5.41, 5.74) is 1.69. The summed E-state index contributed by atoms with van der Waals surface area (Å²) in [5.74, 6) is 0.334. The van der Waals surface area contributed by atoms with E-state index in [9.17, 15) is 8.42 Å². The van der Waals surface area contributed by atoms with Gasteiger partial charge in [0.25, 0.3) is 0 Å². The maximum atomic E-state index is 12.8. The molecule has 3 nitrogen and oxygen atoms in total. The lowest BCUT2D eigenvalue weighted by Gasteiger charge is -2.37. The van der Waals surface area contributed by atoms with Crippen molar-refractivity contribution in [3.8, 4) is 0 Å². The van der Waals surface area contributed by atoms with Crippen LogP contribution in [0.1, 0.15) is 37.8 Å². The van der Waals surface area contributed by atoms with E-state index in [0.717, 1.165) is 24.0 Å². The summed E-state index contributed by atoms with van der Waals surface area (Å²) in [5, 5.41) is 0. The fourth-order valence-electron chi connectivity index (χ4n) is 2.80. The third kappa shape index (κ3) is 3.02. The molecule has 1 aliphatic rings. The van der Waals surface area contributed by atoms with Gasteiger partial charge in [-0.2, -0.15) is 4.31 Å². The maximum Gasteiger partial charge on any atom is 0.243 e. The second kappa shape index (κ2) is 5.66. The Balaban J connectivity index is 2.40. The van der Waals surface area contributed by atoms with E-state index in [2.05, 4.69) is 13.8 Å². The second-order valence-electron chi connectivity index (χ2n) is 6.28. The molecule has 0 aliphatic carbocycles. The van der Waals surface area contributed by atoms with Crippen LogP contribution in [0.25, 0.3) is 0 Å². The Hall–Kier alpha value is -0.580. The Bertz CT molecular complexity index is 596. The number of nitrogens with zero attached hydrogens (tertiary/aromatic N) is 1. The zero-order valence-electron chi connectivity index (χ0n) is 12.3. The zero-order chi connectivity index (χ0) is 15.0. The second-order valence-corrected chi connectivity index (χ2v) is 8.45. The molecule has 0 saturated carbocycles. The van der Waals surface area contributed by atoms with Crippen molar-refractivity contribution in [3.05, 3.63) is 29.3 Å². The minimum atomic E-state index is -3.42. The van der Waals surface area contributed by atoms with Crippen LogP contribution in [-0.2, 0) is 15.9 Å². The van der Waals surface area contributed by atoms with Crippen LogP contribution in [0, 0.1) is 12.3 Å². The van der Waals surface area contributed by atoms with E-state index < -0.39 is 10.0 Å². The molecule has 1 aromatic carbocycles. The van der Waals surface area contributed by atoms with Crippen molar-refractivity contribution in [1.82, 2.24) is 4.31 Å². The fourth-order valence-corrected chi connectivity index (χ4v) is 5.02. The summed E-state index contributed by atoms with van der Waals surface area (Å²) < 4.78 is 27.3. The lowest BCUT2D eigenvalue weighted by Crippen LogP contribution is -2.43. The van der Waals surface area contributed by atoms with Crippen LogP contribution in [0.3, 0.4) is 0 Å². The highest BCUT2D eigenvalue weighted by Crippen LogP contribution is 2.33. The molecule has 0 aromatic heterocycles. The molecular weight excluding hydrogens is 294 g/mol. The molecule has 5 heteroatoms. The van der Waals surface area contributed by atoms with Crippen molar-refractivity contribution < 1.29 is 8.42 Å². The SMILES string of the molecule is Cc1c(CCl)cccc1S(=O)(=O)N1CCCC(C)(C)C1. The molecule has 0 bridgehead atoms. The Kier molecular flexibility index (Phi) is 4.47. The van der Waals surface area contributed by atoms with Gasteiger partial charge in [0, 0.05) is 19.0 Å². The van der Waals surface area contributed by atoms with Crippen LogP contribution in [0.2, 0.25) is 0 Å². The van der Waals surface area contributed by atoms with Gasteiger partial charge in [-0.05, 0) is 42.4 Å². The fraction of sp³-hybridized carbons (Fsp3) is 0.600. The van der Waals surface area contributed by atoms with Gasteiger partial charge in [0.1, 0.15) is 0 Å². The number of piperidine rings is 1. The van der Waals surface area contributed by atoms with Gasteiger partial charge in [0.2, 0.25) is 10.0 Å². The molecule has 1 aromatic rings. The molecule has 20 heavy (non-hydrogen) atoms. The first-order chi connectivity index (χ1) is 9.28. The van der Waals surface area contributed by atoms with Crippen molar-refractivity contribution in [2.45, 2.75) is 44.4 Å². The highest BCUT2D eigenvalue weighted by atomic mass is 35.5. The van der Waals surface area contributed by atoms with Gasteiger partial charge in [-0.1, -0.05) is 26.0 Å². The molecule has 0 unspecified atom stereocenters. The summed E-state index contributed by atoms with van der Waals surface area (Å²) in [6.45, 7) is 7.27. The standard InChI is InChI=1S/C15H22ClNO2S/c1-12-13(10-16)6-4-7-14(12)20(18,19)17-9-5-8-15(2,3)11-17/h4,6-7H,5,8-11H2,1-3H3. The van der Waals surface area contributed by atoms with Crippen LogP contribution in [-0.4, -0.2) is 25.8 Å². The Morgan fingerprint density at radius 1 is 1.35 bits per heavy atom. The normalized spacial score (nSPS) is 20.0. The summed E-state index contributed by atoms with van der Waals surface area (Å²) in [6.07, 6.45) is 1.99. The number of halogens is 1. The average Bonchev–Trinajstić information content (AvgIpc) is 2.37. The summed E-state index contributed by atoms with van der Waals surface area (Å²) in [4.78, 5) is 0.397. The largest absolute Gasteiger partial charge is 0.243 e.